The molecule has 0 saturated heterocycles. The molecule has 0 aliphatic rings. The molecule has 5 heteroatoms. The molecule has 0 amide bonds. The molecule has 0 unspecified atom stereocenters. The maximum absolute atomic E-state index is 11.9. The summed E-state index contributed by atoms with van der Waals surface area (Å²) in [5.41, 5.74) is 2.77. The lowest BCUT2D eigenvalue weighted by Gasteiger charge is -2.04. The number of fused-ring (bicyclic) bond motifs is 5. The molecule has 0 saturated carbocycles. The van der Waals surface area contributed by atoms with Crippen molar-refractivity contribution in [3.8, 4) is 0 Å². The van der Waals surface area contributed by atoms with Gasteiger partial charge in [-0.2, -0.15) is 0 Å². The number of H-pyrrole nitrogens is 1. The Morgan fingerprint density at radius 1 is 1.09 bits per heavy atom. The molecule has 4 aromatic rings. The van der Waals surface area contributed by atoms with E-state index >= 15 is 0 Å². The Labute approximate surface area is 130 Å². The summed E-state index contributed by atoms with van der Waals surface area (Å²) < 4.78 is 10.1. The molecular weight excluding hydrogens is 294 g/mol. The average Bonchev–Trinajstić information content (AvgIpc) is 2.94. The lowest BCUT2D eigenvalue weighted by molar-refractivity contribution is 0.0602. The number of rotatable bonds is 1. The van der Waals surface area contributed by atoms with Crippen LogP contribution in [0.1, 0.15) is 15.9 Å². The number of ether oxygens (including phenoxy) is 1. The van der Waals surface area contributed by atoms with E-state index in [1.165, 1.54) is 7.11 Å². The zero-order valence-corrected chi connectivity index (χ0v) is 12.6. The number of aromatic amines is 1. The molecule has 0 aliphatic carbocycles. The number of carbonyl (C=O) groups is 1. The first kappa shape index (κ1) is 13.6. The van der Waals surface area contributed by atoms with Crippen molar-refractivity contribution in [2.45, 2.75) is 6.92 Å². The van der Waals surface area contributed by atoms with Crippen LogP contribution in [0.3, 0.4) is 0 Å². The summed E-state index contributed by atoms with van der Waals surface area (Å²) in [6, 6.07) is 10.9. The van der Waals surface area contributed by atoms with E-state index in [1.54, 1.807) is 6.07 Å². The van der Waals surface area contributed by atoms with Crippen LogP contribution in [0.5, 0.6) is 0 Å². The van der Waals surface area contributed by atoms with Gasteiger partial charge in [0.05, 0.1) is 18.2 Å². The Kier molecular flexibility index (Phi) is 2.78. The molecule has 0 radical (unpaired) electrons. The Balaban J connectivity index is 2.23. The standard InChI is InChI=1S/C18H13NO4/c1-9-4-3-5-10-11-6-7-12-13(18(21)22-2)8-14(20)23-17(12)16(11)19-15(9)10/h3-8,19H,1-2H3. The molecular formula is C18H13NO4. The summed E-state index contributed by atoms with van der Waals surface area (Å²) in [6.07, 6.45) is 0. The first-order valence-electron chi connectivity index (χ1n) is 7.16. The maximum atomic E-state index is 11.9. The van der Waals surface area contributed by atoms with E-state index in [2.05, 4.69) is 4.98 Å². The molecule has 0 fully saturated rings. The van der Waals surface area contributed by atoms with E-state index in [9.17, 15) is 9.59 Å². The van der Waals surface area contributed by atoms with E-state index in [1.807, 2.05) is 31.2 Å². The van der Waals surface area contributed by atoms with Crippen LogP contribution in [0.15, 0.2) is 45.6 Å². The number of carbonyl (C=O) groups excluding carboxylic acids is 1. The van der Waals surface area contributed by atoms with E-state index in [0.717, 1.165) is 27.9 Å². The van der Waals surface area contributed by atoms with Gasteiger partial charge in [-0.25, -0.2) is 9.59 Å². The molecule has 2 aromatic heterocycles. The SMILES string of the molecule is COC(=O)c1cc(=O)oc2c1ccc1c3cccc(C)c3[nH]c12. The van der Waals surface area contributed by atoms with Crippen LogP contribution in [0.2, 0.25) is 0 Å². The van der Waals surface area contributed by atoms with Gasteiger partial charge in [0.1, 0.15) is 0 Å². The van der Waals surface area contributed by atoms with Crippen molar-refractivity contribution >= 4 is 38.7 Å². The number of nitrogens with one attached hydrogen (secondary N) is 1. The molecule has 0 aliphatic heterocycles. The first-order valence-corrected chi connectivity index (χ1v) is 7.16. The topological polar surface area (TPSA) is 72.3 Å². The molecule has 114 valence electrons. The van der Waals surface area contributed by atoms with Gasteiger partial charge >= 0.3 is 11.6 Å². The fourth-order valence-electron chi connectivity index (χ4n) is 3.04. The summed E-state index contributed by atoms with van der Waals surface area (Å²) in [5, 5.41) is 2.54. The fraction of sp³-hybridized carbons (Fsp3) is 0.111. The molecule has 0 atom stereocenters. The van der Waals surface area contributed by atoms with Crippen LogP contribution in [0.4, 0.5) is 0 Å². The third kappa shape index (κ3) is 1.86. The highest BCUT2D eigenvalue weighted by Gasteiger charge is 2.17. The number of esters is 1. The van der Waals surface area contributed by atoms with Crippen LogP contribution >= 0.6 is 0 Å². The second-order valence-electron chi connectivity index (χ2n) is 5.46. The highest BCUT2D eigenvalue weighted by molar-refractivity contribution is 6.18. The largest absolute Gasteiger partial charge is 0.465 e. The fourth-order valence-corrected chi connectivity index (χ4v) is 3.04. The van der Waals surface area contributed by atoms with Crippen LogP contribution in [-0.4, -0.2) is 18.1 Å². The predicted octanol–water partition coefficient (Wildman–Crippen LogP) is 3.52. The monoisotopic (exact) mass is 307 g/mol. The van der Waals surface area contributed by atoms with Crippen molar-refractivity contribution in [1.82, 2.24) is 4.98 Å². The molecule has 2 heterocycles. The molecule has 5 nitrogen and oxygen atoms in total. The molecule has 23 heavy (non-hydrogen) atoms. The molecule has 1 N–H and O–H groups in total. The van der Waals surface area contributed by atoms with Crippen LogP contribution in [0.25, 0.3) is 32.8 Å². The minimum absolute atomic E-state index is 0.205. The van der Waals surface area contributed by atoms with Crippen molar-refractivity contribution in [3.05, 3.63) is 57.9 Å². The van der Waals surface area contributed by atoms with Gasteiger partial charge in [-0.3, -0.25) is 0 Å². The zero-order valence-electron chi connectivity index (χ0n) is 12.6. The molecule has 0 bridgehead atoms. The minimum atomic E-state index is -0.583. The van der Waals surface area contributed by atoms with Gasteiger partial charge in [0.2, 0.25) is 0 Å². The lowest BCUT2D eigenvalue weighted by Crippen LogP contribution is -2.08. The van der Waals surface area contributed by atoms with Crippen LogP contribution in [-0.2, 0) is 4.74 Å². The molecule has 2 aromatic carbocycles. The van der Waals surface area contributed by atoms with Crippen molar-refractivity contribution in [3.63, 3.8) is 0 Å². The maximum Gasteiger partial charge on any atom is 0.338 e. The summed E-state index contributed by atoms with van der Waals surface area (Å²) >= 11 is 0. The smallest absolute Gasteiger partial charge is 0.338 e. The van der Waals surface area contributed by atoms with Gasteiger partial charge in [0, 0.05) is 27.7 Å². The van der Waals surface area contributed by atoms with Crippen LogP contribution < -0.4 is 5.63 Å². The van der Waals surface area contributed by atoms with E-state index < -0.39 is 11.6 Å². The van der Waals surface area contributed by atoms with E-state index in [-0.39, 0.29) is 5.56 Å². The molecule has 0 spiro atoms. The lowest BCUT2D eigenvalue weighted by atomic mass is 10.1. The van der Waals surface area contributed by atoms with Crippen LogP contribution in [0, 0.1) is 6.92 Å². The average molecular weight is 307 g/mol. The van der Waals surface area contributed by atoms with Crippen molar-refractivity contribution in [2.24, 2.45) is 0 Å². The Hall–Kier alpha value is -3.08. The van der Waals surface area contributed by atoms with E-state index in [0.29, 0.717) is 16.5 Å². The van der Waals surface area contributed by atoms with Crippen molar-refractivity contribution in [2.75, 3.05) is 7.11 Å². The minimum Gasteiger partial charge on any atom is -0.465 e. The summed E-state index contributed by atoms with van der Waals surface area (Å²) in [7, 11) is 1.29. The Bertz CT molecular complexity index is 1150. The number of hydrogen-bond acceptors (Lipinski definition) is 4. The summed E-state index contributed by atoms with van der Waals surface area (Å²) in [4.78, 5) is 27.1. The number of aromatic nitrogens is 1. The van der Waals surface area contributed by atoms with E-state index in [4.69, 9.17) is 9.15 Å². The van der Waals surface area contributed by atoms with Gasteiger partial charge in [-0.05, 0) is 18.6 Å². The van der Waals surface area contributed by atoms with Crippen molar-refractivity contribution < 1.29 is 13.9 Å². The predicted molar refractivity (Wildman–Crippen MR) is 87.9 cm³/mol. The van der Waals surface area contributed by atoms with Gasteiger partial charge in [-0.15, -0.1) is 0 Å². The first-order chi connectivity index (χ1) is 11.1. The number of para-hydroxylation sites is 1. The summed E-state index contributed by atoms with van der Waals surface area (Å²) in [6.45, 7) is 2.01. The van der Waals surface area contributed by atoms with Crippen molar-refractivity contribution in [1.29, 1.82) is 0 Å². The Morgan fingerprint density at radius 2 is 1.83 bits per heavy atom. The third-order valence-corrected chi connectivity index (χ3v) is 4.13. The number of benzene rings is 2. The quantitative estimate of drug-likeness (QED) is 0.431. The normalized spacial score (nSPS) is 11.4. The zero-order chi connectivity index (χ0) is 16.1. The van der Waals surface area contributed by atoms with Gasteiger partial charge in [0.25, 0.3) is 0 Å². The highest BCUT2D eigenvalue weighted by Crippen LogP contribution is 2.33. The third-order valence-electron chi connectivity index (χ3n) is 4.13. The highest BCUT2D eigenvalue weighted by atomic mass is 16.5. The number of methoxy groups -OCH3 is 1. The molecule has 4 rings (SSSR count). The number of aryl methyl sites for hydroxylation is 1. The van der Waals surface area contributed by atoms with Gasteiger partial charge in [0.15, 0.2) is 5.58 Å². The van der Waals surface area contributed by atoms with Gasteiger partial charge in [-0.1, -0.05) is 24.3 Å². The second kappa shape index (κ2) is 4.71. The Morgan fingerprint density at radius 3 is 2.61 bits per heavy atom. The number of hydrogen-bond donors (Lipinski definition) is 1. The summed E-state index contributed by atoms with van der Waals surface area (Å²) in [5.74, 6) is -0.561. The van der Waals surface area contributed by atoms with Gasteiger partial charge < -0.3 is 14.1 Å². The second-order valence-corrected chi connectivity index (χ2v) is 5.46.